The highest BCUT2D eigenvalue weighted by Crippen LogP contribution is 2.16. The number of nitrogens with zero attached hydrogens (tertiary/aromatic N) is 1. The van der Waals surface area contributed by atoms with E-state index in [4.69, 9.17) is 5.73 Å². The highest BCUT2D eigenvalue weighted by molar-refractivity contribution is 5.97. The third-order valence-electron chi connectivity index (χ3n) is 4.39. The minimum Gasteiger partial charge on any atom is -0.324 e. The lowest BCUT2D eigenvalue weighted by atomic mass is 9.96. The van der Waals surface area contributed by atoms with E-state index in [1.807, 2.05) is 19.1 Å². The number of nitrogens with two attached hydrogens (primary N) is 1. The van der Waals surface area contributed by atoms with E-state index in [0.29, 0.717) is 6.42 Å². The molecule has 1 aromatic carbocycles. The third-order valence-corrected chi connectivity index (χ3v) is 4.39. The summed E-state index contributed by atoms with van der Waals surface area (Å²) in [7, 11) is 0. The number of halogens is 1. The minimum atomic E-state index is -0.805. The maximum atomic E-state index is 12.3. The van der Waals surface area contributed by atoms with Crippen molar-refractivity contribution in [3.63, 3.8) is 0 Å². The van der Waals surface area contributed by atoms with Gasteiger partial charge in [0, 0.05) is 12.2 Å². The second-order valence-electron chi connectivity index (χ2n) is 6.62. The topological polar surface area (TPSA) is 58.4 Å². The molecule has 1 saturated heterocycles. The number of hydrogen-bond acceptors (Lipinski definition) is 3. The van der Waals surface area contributed by atoms with Crippen LogP contribution >= 0.6 is 12.4 Å². The Kier molecular flexibility index (Phi) is 8.03. The van der Waals surface area contributed by atoms with Crippen LogP contribution in [0.5, 0.6) is 0 Å². The van der Waals surface area contributed by atoms with Gasteiger partial charge in [0.15, 0.2) is 0 Å². The quantitative estimate of drug-likeness (QED) is 0.802. The number of carbonyl (C=O) groups is 1. The first-order valence-electron chi connectivity index (χ1n) is 8.43. The molecular formula is C18H30ClN3O. The second-order valence-corrected chi connectivity index (χ2v) is 6.62. The molecule has 0 aliphatic carbocycles. The Morgan fingerprint density at radius 1 is 1.35 bits per heavy atom. The van der Waals surface area contributed by atoms with Crippen molar-refractivity contribution in [2.24, 2.45) is 5.73 Å². The first kappa shape index (κ1) is 19.9. The zero-order valence-corrected chi connectivity index (χ0v) is 15.1. The molecule has 1 aliphatic heterocycles. The molecule has 5 heteroatoms. The number of rotatable bonds is 7. The third kappa shape index (κ3) is 6.13. The summed E-state index contributed by atoms with van der Waals surface area (Å²) in [6, 6.07) is 8.12. The lowest BCUT2D eigenvalue weighted by Gasteiger charge is -2.23. The summed E-state index contributed by atoms with van der Waals surface area (Å²) in [5, 5.41) is 2.96. The summed E-state index contributed by atoms with van der Waals surface area (Å²) >= 11 is 0. The van der Waals surface area contributed by atoms with Crippen LogP contribution in [0, 0.1) is 0 Å². The van der Waals surface area contributed by atoms with Crippen LogP contribution in [0.15, 0.2) is 24.3 Å². The Labute approximate surface area is 146 Å². The van der Waals surface area contributed by atoms with Crippen LogP contribution in [-0.2, 0) is 11.2 Å². The molecule has 1 aliphatic rings. The summed E-state index contributed by atoms with van der Waals surface area (Å²) < 4.78 is 0. The molecule has 0 saturated carbocycles. The molecule has 0 spiro atoms. The molecule has 1 aromatic rings. The van der Waals surface area contributed by atoms with Crippen LogP contribution in [0.4, 0.5) is 5.69 Å². The first-order chi connectivity index (χ1) is 10.5. The smallest absolute Gasteiger partial charge is 0.244 e. The summed E-state index contributed by atoms with van der Waals surface area (Å²) in [6.45, 7) is 7.38. The average Bonchev–Trinajstić information content (AvgIpc) is 2.99. The molecule has 4 nitrogen and oxygen atoms in total. The van der Waals surface area contributed by atoms with Crippen molar-refractivity contribution in [1.29, 1.82) is 0 Å². The van der Waals surface area contributed by atoms with Gasteiger partial charge in [-0.25, -0.2) is 0 Å². The molecule has 23 heavy (non-hydrogen) atoms. The fraction of sp³-hybridized carbons (Fsp3) is 0.611. The molecule has 0 aromatic heterocycles. The number of carbonyl (C=O) groups excluding carboxylic acids is 1. The number of likely N-dealkylation sites (tertiary alicyclic amines) is 1. The molecule has 2 rings (SSSR count). The largest absolute Gasteiger partial charge is 0.324 e. The molecule has 130 valence electrons. The van der Waals surface area contributed by atoms with E-state index in [1.165, 1.54) is 31.5 Å². The van der Waals surface area contributed by atoms with Crippen LogP contribution in [0.25, 0.3) is 0 Å². The molecule has 1 fully saturated rings. The highest BCUT2D eigenvalue weighted by Gasteiger charge is 2.27. The van der Waals surface area contributed by atoms with Gasteiger partial charge in [-0.15, -0.1) is 12.4 Å². The van der Waals surface area contributed by atoms with Gasteiger partial charge < -0.3 is 16.0 Å². The Morgan fingerprint density at radius 2 is 2.04 bits per heavy atom. The minimum absolute atomic E-state index is 0. The molecule has 1 unspecified atom stereocenters. The van der Waals surface area contributed by atoms with E-state index in [1.54, 1.807) is 6.92 Å². The predicted molar refractivity (Wildman–Crippen MR) is 99.2 cm³/mol. The van der Waals surface area contributed by atoms with E-state index >= 15 is 0 Å². The van der Waals surface area contributed by atoms with Crippen LogP contribution in [0.1, 0.15) is 45.1 Å². The second kappa shape index (κ2) is 9.26. The first-order valence-corrected chi connectivity index (χ1v) is 8.43. The Balaban J connectivity index is 0.00000264. The van der Waals surface area contributed by atoms with Crippen molar-refractivity contribution in [2.75, 3.05) is 25.0 Å². The van der Waals surface area contributed by atoms with E-state index in [-0.39, 0.29) is 18.3 Å². The molecule has 0 bridgehead atoms. The van der Waals surface area contributed by atoms with E-state index in [2.05, 4.69) is 22.3 Å². The van der Waals surface area contributed by atoms with Crippen LogP contribution in [0.2, 0.25) is 0 Å². The molecular weight excluding hydrogens is 310 g/mol. The van der Waals surface area contributed by atoms with Gasteiger partial charge in [-0.3, -0.25) is 4.79 Å². The van der Waals surface area contributed by atoms with Gasteiger partial charge in [0.2, 0.25) is 5.91 Å². The number of hydrogen-bond donors (Lipinski definition) is 2. The summed E-state index contributed by atoms with van der Waals surface area (Å²) in [5.74, 6) is -0.106. The van der Waals surface area contributed by atoms with Crippen LogP contribution < -0.4 is 11.1 Å². The fourth-order valence-electron chi connectivity index (χ4n) is 3.00. The van der Waals surface area contributed by atoms with Gasteiger partial charge in [0.05, 0.1) is 5.54 Å². The molecule has 1 heterocycles. The van der Waals surface area contributed by atoms with E-state index in [0.717, 1.165) is 25.1 Å². The number of benzene rings is 1. The molecule has 0 radical (unpaired) electrons. The zero-order valence-electron chi connectivity index (χ0n) is 14.3. The number of nitrogens with one attached hydrogen (secondary N) is 1. The number of anilines is 1. The Bertz CT molecular complexity index is 499. The predicted octanol–water partition coefficient (Wildman–Crippen LogP) is 3.20. The standard InChI is InChI=1S/C18H29N3O.ClH/c1-3-10-18(2,19)17(22)20-16-8-6-7-15(14-16)9-13-21-11-4-5-12-21;/h6-8,14H,3-5,9-13,19H2,1-2H3,(H,20,22);1H. The van der Waals surface area contributed by atoms with Gasteiger partial charge in [0.1, 0.15) is 0 Å². The van der Waals surface area contributed by atoms with Crippen molar-refractivity contribution in [3.8, 4) is 0 Å². The van der Waals surface area contributed by atoms with E-state index < -0.39 is 5.54 Å². The van der Waals surface area contributed by atoms with E-state index in [9.17, 15) is 4.79 Å². The monoisotopic (exact) mass is 339 g/mol. The summed E-state index contributed by atoms with van der Waals surface area (Å²) in [5.41, 5.74) is 7.38. The van der Waals surface area contributed by atoms with Crippen molar-refractivity contribution in [3.05, 3.63) is 29.8 Å². The number of amides is 1. The Morgan fingerprint density at radius 3 is 2.70 bits per heavy atom. The van der Waals surface area contributed by atoms with Crippen molar-refractivity contribution in [2.45, 2.75) is 51.5 Å². The van der Waals surface area contributed by atoms with Gasteiger partial charge >= 0.3 is 0 Å². The van der Waals surface area contributed by atoms with Gasteiger partial charge in [-0.2, -0.15) is 0 Å². The van der Waals surface area contributed by atoms with Crippen molar-refractivity contribution in [1.82, 2.24) is 4.90 Å². The summed E-state index contributed by atoms with van der Waals surface area (Å²) in [6.07, 6.45) is 5.26. The maximum absolute atomic E-state index is 12.3. The van der Waals surface area contributed by atoms with Gasteiger partial charge in [-0.05, 0) is 63.4 Å². The Hall–Kier alpha value is -1.10. The average molecular weight is 340 g/mol. The van der Waals surface area contributed by atoms with Crippen LogP contribution in [-0.4, -0.2) is 36.0 Å². The van der Waals surface area contributed by atoms with Gasteiger partial charge in [-0.1, -0.05) is 25.5 Å². The molecule has 1 amide bonds. The maximum Gasteiger partial charge on any atom is 0.244 e. The fourth-order valence-corrected chi connectivity index (χ4v) is 3.00. The van der Waals surface area contributed by atoms with Crippen LogP contribution in [0.3, 0.4) is 0 Å². The molecule has 3 N–H and O–H groups in total. The lowest BCUT2D eigenvalue weighted by Crippen LogP contribution is -2.48. The normalized spacial score (nSPS) is 17.3. The van der Waals surface area contributed by atoms with Gasteiger partial charge in [0.25, 0.3) is 0 Å². The zero-order chi connectivity index (χ0) is 16.0. The van der Waals surface area contributed by atoms with Crippen molar-refractivity contribution < 1.29 is 4.79 Å². The molecule has 1 atom stereocenters. The van der Waals surface area contributed by atoms with Crippen molar-refractivity contribution >= 4 is 24.0 Å². The highest BCUT2D eigenvalue weighted by atomic mass is 35.5. The SMILES string of the molecule is CCCC(C)(N)C(=O)Nc1cccc(CCN2CCCC2)c1.Cl. The summed E-state index contributed by atoms with van der Waals surface area (Å²) in [4.78, 5) is 14.8. The lowest BCUT2D eigenvalue weighted by molar-refractivity contribution is -0.120.